The number of esters is 1. The topological polar surface area (TPSA) is 99.1 Å². The maximum Gasteiger partial charge on any atom is 0.306 e. The summed E-state index contributed by atoms with van der Waals surface area (Å²) in [5, 5.41) is 11.9. The van der Waals surface area contributed by atoms with Crippen molar-refractivity contribution in [2.24, 2.45) is 28.6 Å². The van der Waals surface area contributed by atoms with Crippen LogP contribution in [0.15, 0.2) is 36.0 Å². The number of aliphatic hydroxyl groups is 1. The Balaban J connectivity index is 1.10. The minimum Gasteiger partial charge on any atom is -0.458 e. The van der Waals surface area contributed by atoms with Crippen molar-refractivity contribution in [1.29, 1.82) is 0 Å². The van der Waals surface area contributed by atoms with E-state index < -0.39 is 34.9 Å². The lowest BCUT2D eigenvalue weighted by Gasteiger charge is -2.59. The van der Waals surface area contributed by atoms with Crippen LogP contribution < -0.4 is 0 Å². The van der Waals surface area contributed by atoms with Crippen molar-refractivity contribution >= 4 is 17.5 Å². The molecule has 0 radical (unpaired) electrons. The summed E-state index contributed by atoms with van der Waals surface area (Å²) >= 11 is 0. The van der Waals surface area contributed by atoms with Crippen molar-refractivity contribution in [3.05, 3.63) is 36.0 Å². The predicted molar refractivity (Wildman–Crippen MR) is 196 cm³/mol. The summed E-state index contributed by atoms with van der Waals surface area (Å²) in [4.78, 5) is 39.4. The normalized spacial score (nSPS) is 35.8. The van der Waals surface area contributed by atoms with Crippen LogP contribution >= 0.6 is 0 Å². The van der Waals surface area contributed by atoms with Gasteiger partial charge in [-0.05, 0) is 88.2 Å². The van der Waals surface area contributed by atoms with Crippen molar-refractivity contribution in [3.63, 3.8) is 0 Å². The highest BCUT2D eigenvalue weighted by atomic mass is 16.7. The molecule has 280 valence electrons. The molecule has 0 unspecified atom stereocenters. The zero-order chi connectivity index (χ0) is 35.8. The highest BCUT2D eigenvalue weighted by Crippen LogP contribution is 2.69. The number of carbonyl (C=O) groups is 3. The third kappa shape index (κ3) is 8.10. The number of fused-ring (bicyclic) bond motifs is 7. The summed E-state index contributed by atoms with van der Waals surface area (Å²) < 4.78 is 18.8. The molecule has 5 rings (SSSR count). The molecule has 0 bridgehead atoms. The molecular weight excluding hydrogens is 628 g/mol. The number of rotatable bonds is 20. The molecule has 1 N–H and O–H groups in total. The molecule has 7 heteroatoms. The van der Waals surface area contributed by atoms with E-state index in [-0.39, 0.29) is 41.9 Å². The predicted octanol–water partition coefficient (Wildman–Crippen LogP) is 9.31. The summed E-state index contributed by atoms with van der Waals surface area (Å²) in [7, 11) is 0. The first-order valence-electron chi connectivity index (χ1n) is 20.4. The van der Waals surface area contributed by atoms with Crippen LogP contribution in [0, 0.1) is 28.6 Å². The molecule has 1 aliphatic heterocycles. The van der Waals surface area contributed by atoms with E-state index in [1.165, 1.54) is 51.4 Å². The molecule has 0 spiro atoms. The number of ether oxygens (including phenoxy) is 3. The van der Waals surface area contributed by atoms with Gasteiger partial charge in [0.05, 0.1) is 12.2 Å². The fourth-order valence-electron chi connectivity index (χ4n) is 10.7. The third-order valence-electron chi connectivity index (χ3n) is 13.2. The van der Waals surface area contributed by atoms with Crippen LogP contribution in [0.2, 0.25) is 0 Å². The molecule has 0 aromatic rings. The summed E-state index contributed by atoms with van der Waals surface area (Å²) in [6.45, 7) is 8.26. The summed E-state index contributed by atoms with van der Waals surface area (Å²) in [5.41, 5.74) is -1.22. The van der Waals surface area contributed by atoms with Gasteiger partial charge in [-0.3, -0.25) is 14.4 Å². The SMILES string of the molecule is CCCCCCCC/C=C\CCCCCCCC(=O)OCC(=O)[C@@]12O[C@H](CCC)O[C@@H]1C[C@H]1[C@@H]3CCC4=CC(=O)C=C[C@]4(C)[C@H]3[C@@H](O)C[C@@]12C. The molecule has 1 heterocycles. The van der Waals surface area contributed by atoms with E-state index in [0.717, 1.165) is 56.9 Å². The van der Waals surface area contributed by atoms with Crippen molar-refractivity contribution in [3.8, 4) is 0 Å². The van der Waals surface area contributed by atoms with Crippen LogP contribution in [-0.2, 0) is 28.6 Å². The molecule has 9 atom stereocenters. The first kappa shape index (κ1) is 39.1. The molecule has 5 aliphatic rings. The Labute approximate surface area is 302 Å². The summed E-state index contributed by atoms with van der Waals surface area (Å²) in [6, 6.07) is 0. The molecule has 4 fully saturated rings. The van der Waals surface area contributed by atoms with E-state index in [9.17, 15) is 19.5 Å². The van der Waals surface area contributed by atoms with Crippen LogP contribution in [0.1, 0.15) is 156 Å². The highest BCUT2D eigenvalue weighted by Gasteiger charge is 2.75. The monoisotopic (exact) mass is 694 g/mol. The van der Waals surface area contributed by atoms with Gasteiger partial charge in [-0.15, -0.1) is 0 Å². The van der Waals surface area contributed by atoms with Gasteiger partial charge >= 0.3 is 5.97 Å². The van der Waals surface area contributed by atoms with E-state index in [1.54, 1.807) is 12.2 Å². The average Bonchev–Trinajstić information content (AvgIpc) is 3.57. The van der Waals surface area contributed by atoms with Crippen molar-refractivity contribution in [2.75, 3.05) is 6.61 Å². The van der Waals surface area contributed by atoms with Gasteiger partial charge in [0.1, 0.15) is 0 Å². The Hall–Kier alpha value is -2.09. The van der Waals surface area contributed by atoms with Crippen molar-refractivity contribution in [1.82, 2.24) is 0 Å². The lowest BCUT2D eigenvalue weighted by atomic mass is 9.46. The van der Waals surface area contributed by atoms with Gasteiger partial charge in [-0.1, -0.05) is 109 Å². The quantitative estimate of drug-likeness (QED) is 0.0770. The summed E-state index contributed by atoms with van der Waals surface area (Å²) in [5.74, 6) is -0.356. The van der Waals surface area contributed by atoms with E-state index in [1.807, 2.05) is 6.08 Å². The van der Waals surface area contributed by atoms with Gasteiger partial charge in [0.15, 0.2) is 24.3 Å². The number of Topliss-reactive ketones (excluding diaryl/α,β-unsaturated/α-hetero) is 1. The number of hydrogen-bond donors (Lipinski definition) is 1. The third-order valence-corrected chi connectivity index (χ3v) is 13.2. The maximum atomic E-state index is 14.3. The van der Waals surface area contributed by atoms with Crippen molar-refractivity contribution in [2.45, 2.75) is 180 Å². The number of carbonyl (C=O) groups excluding carboxylic acids is 3. The maximum absolute atomic E-state index is 14.3. The molecule has 0 aromatic heterocycles. The average molecular weight is 695 g/mol. The molecule has 0 amide bonds. The van der Waals surface area contributed by atoms with Gasteiger partial charge in [0, 0.05) is 23.2 Å². The Morgan fingerprint density at radius 3 is 2.34 bits per heavy atom. The number of unbranched alkanes of at least 4 members (excludes halogenated alkanes) is 11. The molecular formula is C43H66O7. The lowest BCUT2D eigenvalue weighted by Crippen LogP contribution is -2.63. The minimum absolute atomic E-state index is 0.0153. The van der Waals surface area contributed by atoms with Gasteiger partial charge in [-0.2, -0.15) is 0 Å². The fourth-order valence-corrected chi connectivity index (χ4v) is 10.7. The smallest absolute Gasteiger partial charge is 0.306 e. The summed E-state index contributed by atoms with van der Waals surface area (Å²) in [6.07, 6.45) is 28.6. The number of ketones is 2. The Kier molecular flexibility index (Phi) is 13.8. The van der Waals surface area contributed by atoms with Crippen molar-refractivity contribution < 1.29 is 33.7 Å². The molecule has 1 saturated heterocycles. The lowest BCUT2D eigenvalue weighted by molar-refractivity contribution is -0.201. The zero-order valence-electron chi connectivity index (χ0n) is 31.6. The van der Waals surface area contributed by atoms with Gasteiger partial charge in [0.2, 0.25) is 5.78 Å². The second kappa shape index (κ2) is 17.6. The fraction of sp³-hybridized carbons (Fsp3) is 0.791. The standard InChI is InChI=1S/C43H66O7/c1-5-7-8-9-10-11-12-13-14-15-16-17-18-19-20-22-38(47)48-30-36(46)43-37(49-39(50-43)21-6-2)28-34-33-24-23-31-27-32(44)25-26-41(31,3)40(33)35(45)29-42(34,43)4/h13-14,25-27,33-35,37,39-40,45H,5-12,15-24,28-30H2,1-4H3/b14-13-/t33-,34-,35-,37+,39+,40+,41-,42-,43+/m0/s1. The van der Waals surface area contributed by atoms with Crippen LogP contribution in [0.3, 0.4) is 0 Å². The van der Waals surface area contributed by atoms with E-state index in [0.29, 0.717) is 25.7 Å². The largest absolute Gasteiger partial charge is 0.458 e. The second-order valence-electron chi connectivity index (χ2n) is 16.6. The number of allylic oxidation sites excluding steroid dienone is 6. The molecule has 0 aromatic carbocycles. The van der Waals surface area contributed by atoms with Gasteiger partial charge in [-0.25, -0.2) is 0 Å². The van der Waals surface area contributed by atoms with E-state index in [2.05, 4.69) is 39.8 Å². The first-order valence-corrected chi connectivity index (χ1v) is 20.4. The highest BCUT2D eigenvalue weighted by molar-refractivity contribution is 6.01. The Morgan fingerprint density at radius 1 is 0.960 bits per heavy atom. The second-order valence-corrected chi connectivity index (χ2v) is 16.6. The van der Waals surface area contributed by atoms with Crippen LogP contribution in [0.4, 0.5) is 0 Å². The molecule has 3 saturated carbocycles. The van der Waals surface area contributed by atoms with Gasteiger partial charge < -0.3 is 19.3 Å². The van der Waals surface area contributed by atoms with Gasteiger partial charge in [0.25, 0.3) is 0 Å². The number of hydrogen-bond acceptors (Lipinski definition) is 7. The minimum atomic E-state index is -1.26. The van der Waals surface area contributed by atoms with Crippen LogP contribution in [0.5, 0.6) is 0 Å². The zero-order valence-corrected chi connectivity index (χ0v) is 31.6. The molecule has 7 nitrogen and oxygen atoms in total. The number of aliphatic hydroxyl groups excluding tert-OH is 1. The first-order chi connectivity index (χ1) is 24.1. The van der Waals surface area contributed by atoms with Crippen LogP contribution in [0.25, 0.3) is 0 Å². The molecule has 50 heavy (non-hydrogen) atoms. The van der Waals surface area contributed by atoms with Crippen LogP contribution in [-0.4, -0.2) is 53.3 Å². The molecule has 4 aliphatic carbocycles. The van der Waals surface area contributed by atoms with E-state index >= 15 is 0 Å². The Morgan fingerprint density at radius 2 is 1.64 bits per heavy atom. The van der Waals surface area contributed by atoms with E-state index in [4.69, 9.17) is 14.2 Å². The Bertz CT molecular complexity index is 1270.